The molecule has 7 unspecified atom stereocenters. The zero-order valence-corrected chi connectivity index (χ0v) is 33.9. The van der Waals surface area contributed by atoms with E-state index in [-0.39, 0.29) is 79.1 Å². The van der Waals surface area contributed by atoms with Crippen molar-refractivity contribution in [1.82, 2.24) is 20.1 Å². The summed E-state index contributed by atoms with van der Waals surface area (Å²) in [5.74, 6) is -3.34. The first-order valence-corrected chi connectivity index (χ1v) is 20.1. The fourth-order valence-electron chi connectivity index (χ4n) is 7.22. The summed E-state index contributed by atoms with van der Waals surface area (Å²) < 4.78 is 44.7. The first kappa shape index (κ1) is 46.0. The average Bonchev–Trinajstić information content (AvgIpc) is 3.64. The van der Waals surface area contributed by atoms with Gasteiger partial charge >= 0.3 is 12.1 Å². The van der Waals surface area contributed by atoms with Crippen molar-refractivity contribution >= 4 is 34.9 Å². The second-order valence-corrected chi connectivity index (χ2v) is 16.2. The van der Waals surface area contributed by atoms with Gasteiger partial charge in [0.15, 0.2) is 5.78 Å². The van der Waals surface area contributed by atoms with Crippen LogP contribution in [0.3, 0.4) is 0 Å². The summed E-state index contributed by atoms with van der Waals surface area (Å²) in [4.78, 5) is 61.4. The number of aliphatic hydroxyl groups excluding tert-OH is 1. The van der Waals surface area contributed by atoms with Gasteiger partial charge in [-0.1, -0.05) is 59.6 Å². The molecule has 7 atom stereocenters. The monoisotopic (exact) mass is 796 g/mol. The number of thiazole rings is 1. The summed E-state index contributed by atoms with van der Waals surface area (Å²) in [5, 5.41) is 25.6. The van der Waals surface area contributed by atoms with Gasteiger partial charge in [0.05, 0.1) is 24.1 Å². The van der Waals surface area contributed by atoms with E-state index >= 15 is 0 Å². The van der Waals surface area contributed by atoms with Gasteiger partial charge in [-0.05, 0) is 68.8 Å². The second kappa shape index (κ2) is 21.2. The number of nitrogens with one attached hydrogen (secondary N) is 1. The number of ketones is 1. The summed E-state index contributed by atoms with van der Waals surface area (Å²) in [7, 11) is 3.51. The molecule has 308 valence electrons. The third-order valence-electron chi connectivity index (χ3n) is 10.9. The maximum absolute atomic E-state index is 14.5. The number of alkyl halides is 3. The number of benzene rings is 1. The summed E-state index contributed by atoms with van der Waals surface area (Å²) in [6, 6.07) is 3.09. The van der Waals surface area contributed by atoms with Crippen LogP contribution in [0, 0.1) is 23.7 Å². The summed E-state index contributed by atoms with van der Waals surface area (Å²) in [6.07, 6.45) is -1.80. The molecule has 1 aliphatic rings. The largest absolute Gasteiger partial charge is 0.481 e. The van der Waals surface area contributed by atoms with Crippen LogP contribution in [0.2, 0.25) is 0 Å². The number of carbonyl (C=O) groups excluding carboxylic acids is 3. The first-order chi connectivity index (χ1) is 25.9. The molecule has 1 aromatic heterocycles. The van der Waals surface area contributed by atoms with Crippen molar-refractivity contribution in [2.45, 2.75) is 116 Å². The normalized spacial score (nSPS) is 18.6. The number of carboxylic acid groups (broad SMARTS) is 1. The highest BCUT2D eigenvalue weighted by molar-refractivity contribution is 7.09. The van der Waals surface area contributed by atoms with Crippen molar-refractivity contribution in [2.24, 2.45) is 23.7 Å². The Morgan fingerprint density at radius 1 is 1.09 bits per heavy atom. The van der Waals surface area contributed by atoms with E-state index in [1.54, 1.807) is 12.0 Å². The van der Waals surface area contributed by atoms with Crippen LogP contribution in [0.1, 0.15) is 112 Å². The summed E-state index contributed by atoms with van der Waals surface area (Å²) in [5.41, 5.74) is -0.335. The van der Waals surface area contributed by atoms with E-state index in [0.717, 1.165) is 49.3 Å². The average molecular weight is 797 g/mol. The lowest BCUT2D eigenvalue weighted by atomic mass is 9.82. The van der Waals surface area contributed by atoms with Crippen molar-refractivity contribution in [2.75, 3.05) is 33.9 Å². The van der Waals surface area contributed by atoms with Gasteiger partial charge in [0.2, 0.25) is 5.91 Å². The molecule has 0 radical (unpaired) electrons. The van der Waals surface area contributed by atoms with Crippen LogP contribution < -0.4 is 5.32 Å². The Kier molecular flexibility index (Phi) is 17.7. The van der Waals surface area contributed by atoms with E-state index in [9.17, 15) is 42.6 Å². The molecule has 3 rings (SSSR count). The molecule has 1 fully saturated rings. The number of hydrogen-bond acceptors (Lipinski definition) is 9. The van der Waals surface area contributed by atoms with Gasteiger partial charge in [0, 0.05) is 49.9 Å². The number of aliphatic hydroxyl groups is 1. The van der Waals surface area contributed by atoms with Crippen molar-refractivity contribution in [3.05, 3.63) is 51.5 Å². The number of Topliss-reactive ketones (excluding diaryl/α,β-unsaturated/α-hetero) is 1. The molecule has 1 saturated heterocycles. The molecule has 0 aliphatic carbocycles. The fourth-order valence-corrected chi connectivity index (χ4v) is 8.02. The number of nitrogens with zero attached hydrogens (tertiary/aromatic N) is 3. The molecular formula is C40H59F3N4O7S. The number of likely N-dealkylation sites (tertiary alicyclic amines) is 1. The molecule has 11 nitrogen and oxygen atoms in total. The Bertz CT molecular complexity index is 1550. The number of amides is 2. The molecule has 55 heavy (non-hydrogen) atoms. The number of halogens is 3. The smallest absolute Gasteiger partial charge is 0.416 e. The van der Waals surface area contributed by atoms with Gasteiger partial charge < -0.3 is 25.2 Å². The zero-order chi connectivity index (χ0) is 41.0. The predicted molar refractivity (Wildman–Crippen MR) is 205 cm³/mol. The number of piperidine rings is 1. The van der Waals surface area contributed by atoms with Crippen LogP contribution in [-0.4, -0.2) is 101 Å². The fraction of sp³-hybridized carbons (Fsp3) is 0.675. The third kappa shape index (κ3) is 13.4. The molecule has 1 aromatic carbocycles. The number of methoxy groups -OCH3 is 1. The van der Waals surface area contributed by atoms with Crippen LogP contribution in [0.5, 0.6) is 0 Å². The predicted octanol–water partition coefficient (Wildman–Crippen LogP) is 6.64. The Balaban J connectivity index is 1.80. The molecule has 2 heterocycles. The van der Waals surface area contributed by atoms with Gasteiger partial charge in [-0.3, -0.25) is 24.1 Å². The molecule has 0 bridgehead atoms. The number of aromatic nitrogens is 1. The van der Waals surface area contributed by atoms with Crippen molar-refractivity contribution in [1.29, 1.82) is 0 Å². The highest BCUT2D eigenvalue weighted by Gasteiger charge is 2.38. The van der Waals surface area contributed by atoms with E-state index < -0.39 is 53.6 Å². The Morgan fingerprint density at radius 3 is 2.33 bits per heavy atom. The number of ether oxygens (including phenoxy) is 1. The van der Waals surface area contributed by atoms with E-state index in [4.69, 9.17) is 4.74 Å². The summed E-state index contributed by atoms with van der Waals surface area (Å²) in [6.45, 7) is 10.8. The number of hydrogen-bond donors (Lipinski definition) is 3. The maximum atomic E-state index is 14.5. The Morgan fingerprint density at radius 2 is 1.76 bits per heavy atom. The molecular weight excluding hydrogens is 738 g/mol. The maximum Gasteiger partial charge on any atom is 0.416 e. The van der Waals surface area contributed by atoms with Gasteiger partial charge in [-0.15, -0.1) is 11.3 Å². The molecule has 0 spiro atoms. The van der Waals surface area contributed by atoms with E-state index in [1.165, 1.54) is 24.4 Å². The molecule has 0 saturated carbocycles. The lowest BCUT2D eigenvalue weighted by molar-refractivity contribution is -0.145. The minimum Gasteiger partial charge on any atom is -0.481 e. The topological polar surface area (TPSA) is 149 Å². The number of rotatable bonds is 21. The highest BCUT2D eigenvalue weighted by Crippen LogP contribution is 2.32. The van der Waals surface area contributed by atoms with Crippen LogP contribution in [0.25, 0.3) is 0 Å². The van der Waals surface area contributed by atoms with Crippen LogP contribution >= 0.6 is 11.3 Å². The standard InChI is InChI=1S/C40H59F3N4O7S/c1-8-25(4)30(21-34(48)32-11-9-10-16-46(32)6)38(51)47(17-18-54-7)33(24(2)3)22-35(49)37-45-31(23-55-37)36(50)44-29(19-26(5)39(52)53)20-27-12-14-28(15-13-27)40(41,42)43/h12-15,23-26,29-30,32-33,35,49H,8-11,16-22H2,1-7H3,(H,44,50)(H,52,53). The van der Waals surface area contributed by atoms with Gasteiger partial charge in [-0.2, -0.15) is 13.2 Å². The molecule has 1 aliphatic heterocycles. The van der Waals surface area contributed by atoms with Gasteiger partial charge in [0.1, 0.15) is 16.8 Å². The first-order valence-electron chi connectivity index (χ1n) is 19.2. The van der Waals surface area contributed by atoms with Crippen LogP contribution in [-0.2, 0) is 31.7 Å². The number of aliphatic carboxylic acids is 1. The number of likely N-dealkylation sites (N-methyl/N-ethyl adjacent to an activating group) is 1. The van der Waals surface area contributed by atoms with Crippen molar-refractivity contribution < 1.29 is 47.3 Å². The minimum absolute atomic E-state index is 0.00381. The lowest BCUT2D eigenvalue weighted by Gasteiger charge is -2.39. The third-order valence-corrected chi connectivity index (χ3v) is 11.8. The van der Waals surface area contributed by atoms with Crippen LogP contribution in [0.4, 0.5) is 13.2 Å². The van der Waals surface area contributed by atoms with Crippen molar-refractivity contribution in [3.8, 4) is 0 Å². The number of carbonyl (C=O) groups is 4. The molecule has 3 N–H and O–H groups in total. The molecule has 15 heteroatoms. The van der Waals surface area contributed by atoms with Gasteiger partial charge in [-0.25, -0.2) is 4.98 Å². The SMILES string of the molecule is CCC(C)C(CC(=O)C1CCCCN1C)C(=O)N(CCOC)C(CC(O)c1nc(C(=O)NC(Cc2ccc(C(F)(F)F)cc2)CC(C)C(=O)O)cs1)C(C)C. The zero-order valence-electron chi connectivity index (χ0n) is 33.1. The number of carboxylic acids is 1. The Hall–Kier alpha value is -3.40. The van der Waals surface area contributed by atoms with E-state index in [2.05, 4.69) is 15.2 Å². The quantitative estimate of drug-likeness (QED) is 0.126. The highest BCUT2D eigenvalue weighted by atomic mass is 32.1. The summed E-state index contributed by atoms with van der Waals surface area (Å²) >= 11 is 1.07. The van der Waals surface area contributed by atoms with Crippen LogP contribution in [0.15, 0.2) is 29.6 Å². The lowest BCUT2D eigenvalue weighted by Crippen LogP contribution is -2.50. The van der Waals surface area contributed by atoms with Crippen molar-refractivity contribution in [3.63, 3.8) is 0 Å². The minimum atomic E-state index is -4.51. The van der Waals surface area contributed by atoms with E-state index in [1.807, 2.05) is 34.7 Å². The van der Waals surface area contributed by atoms with Gasteiger partial charge in [0.25, 0.3) is 5.91 Å². The molecule has 2 amide bonds. The second-order valence-electron chi connectivity index (χ2n) is 15.4. The Labute approximate surface area is 327 Å². The molecule has 2 aromatic rings. The van der Waals surface area contributed by atoms with E-state index in [0.29, 0.717) is 12.0 Å².